The van der Waals surface area contributed by atoms with Crippen LogP contribution in [-0.4, -0.2) is 10.2 Å². The van der Waals surface area contributed by atoms with Crippen molar-refractivity contribution in [3.05, 3.63) is 35.5 Å². The molecule has 0 unspecified atom stereocenters. The van der Waals surface area contributed by atoms with Crippen molar-refractivity contribution in [1.29, 1.82) is 0 Å². The molecule has 0 radical (unpaired) electrons. The van der Waals surface area contributed by atoms with Gasteiger partial charge in [-0.3, -0.25) is 0 Å². The van der Waals surface area contributed by atoms with Crippen molar-refractivity contribution < 1.29 is 0 Å². The topological polar surface area (TPSA) is 25.8 Å². The van der Waals surface area contributed by atoms with E-state index < -0.39 is 0 Å². The van der Waals surface area contributed by atoms with Crippen LogP contribution in [0.3, 0.4) is 0 Å². The third-order valence-corrected chi connectivity index (χ3v) is 2.54. The maximum Gasteiger partial charge on any atom is 0.0961 e. The van der Waals surface area contributed by atoms with Crippen molar-refractivity contribution in [3.63, 3.8) is 0 Å². The third-order valence-electron chi connectivity index (χ3n) is 2.54. The first kappa shape index (κ1) is 12.6. The smallest absolute Gasteiger partial charge is 0.0961 e. The number of nitrogens with zero attached hydrogens (tertiary/aromatic N) is 2. The Morgan fingerprint density at radius 2 is 1.75 bits per heavy atom. The van der Waals surface area contributed by atoms with Crippen LogP contribution < -0.4 is 0 Å². The van der Waals surface area contributed by atoms with Gasteiger partial charge in [0.05, 0.1) is 11.7 Å². The third kappa shape index (κ3) is 2.38. The van der Waals surface area contributed by atoms with Gasteiger partial charge in [-0.1, -0.05) is 39.8 Å². The van der Waals surface area contributed by atoms with Crippen LogP contribution >= 0.6 is 0 Å². The summed E-state index contributed by atoms with van der Waals surface area (Å²) in [4.78, 5) is 0. The van der Waals surface area contributed by atoms with Crippen molar-refractivity contribution in [2.75, 3.05) is 0 Å². The van der Waals surface area contributed by atoms with Crippen LogP contribution in [-0.2, 0) is 0 Å². The van der Waals surface area contributed by atoms with Gasteiger partial charge in [-0.15, -0.1) is 0 Å². The van der Waals surface area contributed by atoms with Gasteiger partial charge in [-0.2, -0.15) is 10.2 Å². The number of aromatic nitrogens is 2. The molecule has 0 bridgehead atoms. The van der Waals surface area contributed by atoms with Crippen LogP contribution in [0.5, 0.6) is 0 Å². The molecule has 0 N–H and O–H groups in total. The van der Waals surface area contributed by atoms with Crippen molar-refractivity contribution >= 4 is 10.9 Å². The Kier molecular flexibility index (Phi) is 4.41. The normalized spacial score (nSPS) is 10.1. The number of rotatable bonds is 1. The maximum atomic E-state index is 4.17. The van der Waals surface area contributed by atoms with Crippen LogP contribution in [0.15, 0.2) is 24.4 Å². The van der Waals surface area contributed by atoms with E-state index in [0.29, 0.717) is 5.92 Å². The van der Waals surface area contributed by atoms with Crippen LogP contribution in [0, 0.1) is 6.92 Å². The zero-order valence-electron chi connectivity index (χ0n) is 10.8. The predicted octanol–water partition coefficient (Wildman–Crippen LogP) is 4.09. The second-order valence-electron chi connectivity index (χ2n) is 3.92. The van der Waals surface area contributed by atoms with Gasteiger partial charge in [0, 0.05) is 5.39 Å². The first-order valence-electron chi connectivity index (χ1n) is 5.91. The Bertz CT molecular complexity index is 461. The Morgan fingerprint density at radius 1 is 1.06 bits per heavy atom. The fourth-order valence-corrected chi connectivity index (χ4v) is 1.74. The molecule has 0 spiro atoms. The minimum absolute atomic E-state index is 0.530. The molecule has 0 fully saturated rings. The van der Waals surface area contributed by atoms with Gasteiger partial charge in [-0.25, -0.2) is 0 Å². The lowest BCUT2D eigenvalue weighted by molar-refractivity contribution is 0.874. The first-order chi connectivity index (χ1) is 7.70. The largest absolute Gasteiger partial charge is 0.159 e. The Hall–Kier alpha value is -1.44. The molecule has 0 aliphatic rings. The molecule has 0 saturated heterocycles. The SMILES string of the molecule is CC.Cc1ccc(C(C)C)c2ccnnc12. The van der Waals surface area contributed by atoms with E-state index in [1.807, 2.05) is 19.9 Å². The summed E-state index contributed by atoms with van der Waals surface area (Å²) in [7, 11) is 0. The average molecular weight is 216 g/mol. The molecule has 0 atom stereocenters. The van der Waals surface area contributed by atoms with E-state index >= 15 is 0 Å². The van der Waals surface area contributed by atoms with E-state index in [9.17, 15) is 0 Å². The molecule has 0 aliphatic heterocycles. The molecule has 1 aromatic heterocycles. The van der Waals surface area contributed by atoms with E-state index in [-0.39, 0.29) is 0 Å². The molecule has 1 aromatic carbocycles. The van der Waals surface area contributed by atoms with Gasteiger partial charge in [0.2, 0.25) is 0 Å². The van der Waals surface area contributed by atoms with E-state index in [4.69, 9.17) is 0 Å². The molecule has 86 valence electrons. The molecule has 2 rings (SSSR count). The standard InChI is InChI=1S/C12H14N2.C2H6/c1-8(2)10-5-4-9(3)12-11(10)6-7-13-14-12;1-2/h4-8H,1-3H3;1-2H3. The van der Waals surface area contributed by atoms with Gasteiger partial charge in [0.1, 0.15) is 0 Å². The summed E-state index contributed by atoms with van der Waals surface area (Å²) in [6, 6.07) is 6.35. The monoisotopic (exact) mass is 216 g/mol. The first-order valence-corrected chi connectivity index (χ1v) is 5.91. The molecular formula is C14H20N2. The molecule has 0 aliphatic carbocycles. The molecule has 2 aromatic rings. The maximum absolute atomic E-state index is 4.17. The number of hydrogen-bond donors (Lipinski definition) is 0. The number of hydrogen-bond acceptors (Lipinski definition) is 2. The fraction of sp³-hybridized carbons (Fsp3) is 0.429. The highest BCUT2D eigenvalue weighted by Crippen LogP contribution is 2.25. The fourth-order valence-electron chi connectivity index (χ4n) is 1.74. The number of fused-ring (bicyclic) bond motifs is 1. The highest BCUT2D eigenvalue weighted by atomic mass is 15.1. The lowest BCUT2D eigenvalue weighted by Gasteiger charge is -2.10. The summed E-state index contributed by atoms with van der Waals surface area (Å²) < 4.78 is 0. The van der Waals surface area contributed by atoms with E-state index in [1.54, 1.807) is 6.20 Å². The summed E-state index contributed by atoms with van der Waals surface area (Å²) in [5.74, 6) is 0.530. The minimum Gasteiger partial charge on any atom is -0.159 e. The molecule has 2 nitrogen and oxygen atoms in total. The molecule has 2 heteroatoms. The molecule has 0 amide bonds. The highest BCUT2D eigenvalue weighted by Gasteiger charge is 2.07. The number of aryl methyl sites for hydroxylation is 1. The van der Waals surface area contributed by atoms with Gasteiger partial charge < -0.3 is 0 Å². The Labute approximate surface area is 97.7 Å². The summed E-state index contributed by atoms with van der Waals surface area (Å²) in [6.07, 6.45) is 1.76. The lowest BCUT2D eigenvalue weighted by atomic mass is 9.97. The Morgan fingerprint density at radius 3 is 2.38 bits per heavy atom. The molecule has 0 saturated carbocycles. The molecule has 16 heavy (non-hydrogen) atoms. The quantitative estimate of drug-likeness (QED) is 0.717. The zero-order chi connectivity index (χ0) is 12.1. The summed E-state index contributed by atoms with van der Waals surface area (Å²) >= 11 is 0. The van der Waals surface area contributed by atoms with Crippen LogP contribution in [0.1, 0.15) is 44.7 Å². The lowest BCUT2D eigenvalue weighted by Crippen LogP contribution is -1.93. The van der Waals surface area contributed by atoms with Crippen LogP contribution in [0.4, 0.5) is 0 Å². The van der Waals surface area contributed by atoms with Crippen molar-refractivity contribution in [1.82, 2.24) is 10.2 Å². The second-order valence-corrected chi connectivity index (χ2v) is 3.92. The van der Waals surface area contributed by atoms with Crippen molar-refractivity contribution in [2.45, 2.75) is 40.5 Å². The van der Waals surface area contributed by atoms with Crippen LogP contribution in [0.2, 0.25) is 0 Å². The summed E-state index contributed by atoms with van der Waals surface area (Å²) in [5, 5.41) is 9.33. The minimum atomic E-state index is 0.530. The number of benzene rings is 1. The van der Waals surface area contributed by atoms with Gasteiger partial charge in [-0.05, 0) is 30.0 Å². The second kappa shape index (κ2) is 5.59. The van der Waals surface area contributed by atoms with Gasteiger partial charge in [0.15, 0.2) is 0 Å². The Balaban J connectivity index is 0.000000606. The van der Waals surface area contributed by atoms with E-state index in [2.05, 4.69) is 43.1 Å². The average Bonchev–Trinajstić information content (AvgIpc) is 2.32. The molecule has 1 heterocycles. The van der Waals surface area contributed by atoms with Crippen LogP contribution in [0.25, 0.3) is 10.9 Å². The summed E-state index contributed by atoms with van der Waals surface area (Å²) in [5.41, 5.74) is 3.57. The summed E-state index contributed by atoms with van der Waals surface area (Å²) in [6.45, 7) is 10.5. The molecular weight excluding hydrogens is 196 g/mol. The van der Waals surface area contributed by atoms with E-state index in [0.717, 1.165) is 5.52 Å². The highest BCUT2D eigenvalue weighted by molar-refractivity contribution is 5.84. The van der Waals surface area contributed by atoms with Gasteiger partial charge >= 0.3 is 0 Å². The van der Waals surface area contributed by atoms with E-state index in [1.165, 1.54) is 16.5 Å². The predicted molar refractivity (Wildman–Crippen MR) is 69.7 cm³/mol. The van der Waals surface area contributed by atoms with Gasteiger partial charge in [0.25, 0.3) is 0 Å². The van der Waals surface area contributed by atoms with Crippen molar-refractivity contribution in [3.8, 4) is 0 Å². The zero-order valence-corrected chi connectivity index (χ0v) is 10.8. The van der Waals surface area contributed by atoms with Crippen molar-refractivity contribution in [2.24, 2.45) is 0 Å².